The highest BCUT2D eigenvalue weighted by Gasteiger charge is 2.41. The molecule has 0 aliphatic rings. The Bertz CT molecular complexity index is 700. The van der Waals surface area contributed by atoms with Crippen molar-refractivity contribution in [3.8, 4) is 11.5 Å². The minimum atomic E-state index is -4.61. The summed E-state index contributed by atoms with van der Waals surface area (Å²) in [6.07, 6.45) is -4.61. The molecular weight excluding hydrogens is 333 g/mol. The zero-order chi connectivity index (χ0) is 17.4. The number of alkyl halides is 2. The van der Waals surface area contributed by atoms with Crippen molar-refractivity contribution in [2.75, 3.05) is 7.11 Å². The van der Waals surface area contributed by atoms with Gasteiger partial charge in [0.25, 0.3) is 0 Å². The van der Waals surface area contributed by atoms with Crippen LogP contribution in [0.4, 0.5) is 30.7 Å². The fourth-order valence-corrected chi connectivity index (χ4v) is 1.74. The van der Waals surface area contributed by atoms with Crippen molar-refractivity contribution in [1.82, 2.24) is 0 Å². The van der Waals surface area contributed by atoms with Gasteiger partial charge < -0.3 is 9.47 Å². The van der Waals surface area contributed by atoms with Crippen LogP contribution in [-0.4, -0.2) is 7.11 Å². The third-order valence-corrected chi connectivity index (χ3v) is 2.75. The van der Waals surface area contributed by atoms with Crippen molar-refractivity contribution < 1.29 is 40.2 Å². The Morgan fingerprint density at radius 1 is 0.739 bits per heavy atom. The van der Waals surface area contributed by atoms with Gasteiger partial charge in [-0.3, -0.25) is 0 Å². The van der Waals surface area contributed by atoms with E-state index < -0.39 is 46.5 Å². The van der Waals surface area contributed by atoms with Crippen molar-refractivity contribution >= 4 is 0 Å². The van der Waals surface area contributed by atoms with Crippen molar-refractivity contribution in [1.29, 1.82) is 0 Å². The second-order valence-electron chi connectivity index (χ2n) is 4.29. The number of ether oxygens (including phenoxy) is 2. The number of hydrogen-bond acceptors (Lipinski definition) is 2. The number of hydrogen-bond donors (Lipinski definition) is 0. The van der Waals surface area contributed by atoms with Gasteiger partial charge in [0.15, 0.2) is 17.5 Å². The van der Waals surface area contributed by atoms with Gasteiger partial charge >= 0.3 is 6.11 Å². The molecule has 0 aliphatic carbocycles. The third kappa shape index (κ3) is 3.33. The van der Waals surface area contributed by atoms with Gasteiger partial charge in [0.05, 0.1) is 7.11 Å². The summed E-state index contributed by atoms with van der Waals surface area (Å²) in [6, 6.07) is 1.18. The van der Waals surface area contributed by atoms with Crippen molar-refractivity contribution in [2.24, 2.45) is 0 Å². The maximum Gasteiger partial charge on any atom is 0.432 e. The fourth-order valence-electron chi connectivity index (χ4n) is 1.74. The highest BCUT2D eigenvalue weighted by molar-refractivity contribution is 5.33. The molecule has 0 radical (unpaired) electrons. The largest absolute Gasteiger partial charge is 0.497 e. The number of halogens is 7. The minimum absolute atomic E-state index is 0.117. The highest BCUT2D eigenvalue weighted by Crippen LogP contribution is 2.37. The highest BCUT2D eigenvalue weighted by atomic mass is 19.3. The van der Waals surface area contributed by atoms with Crippen LogP contribution in [0.15, 0.2) is 24.3 Å². The lowest BCUT2D eigenvalue weighted by molar-refractivity contribution is -0.189. The molecule has 0 aliphatic heterocycles. The smallest absolute Gasteiger partial charge is 0.432 e. The first kappa shape index (κ1) is 16.9. The molecule has 0 heterocycles. The van der Waals surface area contributed by atoms with E-state index in [2.05, 4.69) is 9.47 Å². The predicted molar refractivity (Wildman–Crippen MR) is 63.7 cm³/mol. The molecule has 9 heteroatoms. The van der Waals surface area contributed by atoms with E-state index >= 15 is 0 Å². The number of benzene rings is 2. The Kier molecular flexibility index (Phi) is 4.39. The standard InChI is InChI=1S/C14H7F7O2/c1-22-6-2-8(15)12(9(16)3-6)14(20,21)23-7-4-10(17)13(19)11(18)5-7/h2-5H,1H3. The molecule has 0 N–H and O–H groups in total. The van der Waals surface area contributed by atoms with Crippen LogP contribution in [-0.2, 0) is 6.11 Å². The van der Waals surface area contributed by atoms with Gasteiger partial charge in [-0.1, -0.05) is 0 Å². The Labute approximate surface area is 125 Å². The first-order valence-corrected chi connectivity index (χ1v) is 5.90. The molecule has 2 rings (SSSR count). The zero-order valence-electron chi connectivity index (χ0n) is 11.3. The Morgan fingerprint density at radius 3 is 1.61 bits per heavy atom. The molecule has 0 atom stereocenters. The van der Waals surface area contributed by atoms with Crippen molar-refractivity contribution in [3.05, 3.63) is 58.9 Å². The predicted octanol–water partition coefficient (Wildman–Crippen LogP) is 4.52. The maximum atomic E-state index is 13.9. The molecule has 124 valence electrons. The van der Waals surface area contributed by atoms with Gasteiger partial charge in [0.2, 0.25) is 0 Å². The monoisotopic (exact) mass is 340 g/mol. The molecule has 0 aromatic heterocycles. The van der Waals surface area contributed by atoms with E-state index in [1.54, 1.807) is 0 Å². The minimum Gasteiger partial charge on any atom is -0.497 e. The Balaban J connectivity index is 2.43. The van der Waals surface area contributed by atoms with Crippen LogP contribution in [0.3, 0.4) is 0 Å². The van der Waals surface area contributed by atoms with Crippen LogP contribution in [0.2, 0.25) is 0 Å². The Morgan fingerprint density at radius 2 is 1.17 bits per heavy atom. The van der Waals surface area contributed by atoms with E-state index in [9.17, 15) is 30.7 Å². The van der Waals surface area contributed by atoms with Crippen molar-refractivity contribution in [2.45, 2.75) is 6.11 Å². The summed E-state index contributed by atoms with van der Waals surface area (Å²) in [6.45, 7) is 0. The molecule has 0 saturated heterocycles. The van der Waals surface area contributed by atoms with Gasteiger partial charge in [-0.2, -0.15) is 8.78 Å². The van der Waals surface area contributed by atoms with Crippen LogP contribution in [0.5, 0.6) is 11.5 Å². The fraction of sp³-hybridized carbons (Fsp3) is 0.143. The van der Waals surface area contributed by atoms with E-state index in [0.717, 1.165) is 7.11 Å². The third-order valence-electron chi connectivity index (χ3n) is 2.75. The molecule has 0 fully saturated rings. The van der Waals surface area contributed by atoms with Crippen LogP contribution >= 0.6 is 0 Å². The summed E-state index contributed by atoms with van der Waals surface area (Å²) in [5.74, 6) is -10.4. The average molecular weight is 340 g/mol. The number of rotatable bonds is 4. The lowest BCUT2D eigenvalue weighted by atomic mass is 10.1. The summed E-state index contributed by atoms with van der Waals surface area (Å²) < 4.78 is 102. The van der Waals surface area contributed by atoms with Gasteiger partial charge in [0.1, 0.15) is 28.7 Å². The molecule has 2 aromatic carbocycles. The van der Waals surface area contributed by atoms with Gasteiger partial charge in [0, 0.05) is 24.3 Å². The summed E-state index contributed by atoms with van der Waals surface area (Å²) in [5, 5.41) is 0. The van der Waals surface area contributed by atoms with E-state index in [1.807, 2.05) is 0 Å². The molecule has 0 unspecified atom stereocenters. The summed E-state index contributed by atoms with van der Waals surface area (Å²) in [7, 11) is 1.06. The molecule has 23 heavy (non-hydrogen) atoms. The van der Waals surface area contributed by atoms with Gasteiger partial charge in [-0.25, -0.2) is 22.0 Å². The molecule has 0 spiro atoms. The average Bonchev–Trinajstić information content (AvgIpc) is 2.42. The topological polar surface area (TPSA) is 18.5 Å². The molecular formula is C14H7F7O2. The second-order valence-corrected chi connectivity index (χ2v) is 4.29. The molecule has 0 saturated carbocycles. The summed E-state index contributed by atoms with van der Waals surface area (Å²) in [5.41, 5.74) is -1.79. The first-order chi connectivity index (χ1) is 10.7. The molecule has 2 aromatic rings. The van der Waals surface area contributed by atoms with E-state index in [1.165, 1.54) is 0 Å². The van der Waals surface area contributed by atoms with Gasteiger partial charge in [-0.15, -0.1) is 0 Å². The quantitative estimate of drug-likeness (QED) is 0.602. The number of methoxy groups -OCH3 is 1. The first-order valence-electron chi connectivity index (χ1n) is 5.90. The van der Waals surface area contributed by atoms with Crippen LogP contribution < -0.4 is 9.47 Å². The summed E-state index contributed by atoms with van der Waals surface area (Å²) in [4.78, 5) is 0. The SMILES string of the molecule is COc1cc(F)c(C(F)(F)Oc2cc(F)c(F)c(F)c2)c(F)c1. The maximum absolute atomic E-state index is 13.9. The lowest BCUT2D eigenvalue weighted by Crippen LogP contribution is -2.25. The van der Waals surface area contributed by atoms with E-state index in [4.69, 9.17) is 0 Å². The van der Waals surface area contributed by atoms with E-state index in [-0.39, 0.29) is 17.9 Å². The van der Waals surface area contributed by atoms with Gasteiger partial charge in [-0.05, 0) is 0 Å². The molecule has 2 nitrogen and oxygen atoms in total. The lowest BCUT2D eigenvalue weighted by Gasteiger charge is -2.20. The second kappa shape index (κ2) is 5.98. The van der Waals surface area contributed by atoms with Crippen LogP contribution in [0, 0.1) is 29.1 Å². The van der Waals surface area contributed by atoms with Crippen LogP contribution in [0.1, 0.15) is 5.56 Å². The van der Waals surface area contributed by atoms with Crippen molar-refractivity contribution in [3.63, 3.8) is 0 Å². The molecule has 0 bridgehead atoms. The van der Waals surface area contributed by atoms with E-state index in [0.29, 0.717) is 12.1 Å². The zero-order valence-corrected chi connectivity index (χ0v) is 11.3. The Hall–Kier alpha value is -2.45. The summed E-state index contributed by atoms with van der Waals surface area (Å²) >= 11 is 0. The normalized spacial score (nSPS) is 11.5. The van der Waals surface area contributed by atoms with Crippen LogP contribution in [0.25, 0.3) is 0 Å². The molecule has 0 amide bonds.